The molecule has 108 valence electrons. The molecule has 0 atom stereocenters. The van der Waals surface area contributed by atoms with Gasteiger partial charge in [-0.3, -0.25) is 0 Å². The Morgan fingerprint density at radius 2 is 1.81 bits per heavy atom. The first-order valence-electron chi connectivity index (χ1n) is 6.68. The highest BCUT2D eigenvalue weighted by molar-refractivity contribution is 9.10. The van der Waals surface area contributed by atoms with Crippen molar-refractivity contribution in [1.29, 1.82) is 0 Å². The number of benzene rings is 2. The van der Waals surface area contributed by atoms with E-state index in [1.807, 2.05) is 12.1 Å². The first-order valence-corrected chi connectivity index (χ1v) is 7.47. The third-order valence-electron chi connectivity index (χ3n) is 3.77. The van der Waals surface area contributed by atoms with Gasteiger partial charge in [-0.25, -0.2) is 0 Å². The number of phenols is 2. The van der Waals surface area contributed by atoms with Gasteiger partial charge in [0.05, 0.1) is 11.6 Å². The Balaban J connectivity index is 2.12. The van der Waals surface area contributed by atoms with Gasteiger partial charge in [0, 0.05) is 11.6 Å². The predicted molar refractivity (Wildman–Crippen MR) is 86.7 cm³/mol. The van der Waals surface area contributed by atoms with Gasteiger partial charge in [-0.05, 0) is 63.7 Å². The van der Waals surface area contributed by atoms with Crippen molar-refractivity contribution >= 4 is 27.6 Å². The summed E-state index contributed by atoms with van der Waals surface area (Å²) in [6, 6.07) is 8.82. The maximum absolute atomic E-state index is 9.99. The Morgan fingerprint density at radius 1 is 1.10 bits per heavy atom. The lowest BCUT2D eigenvalue weighted by Crippen LogP contribution is -2.03. The molecule has 0 heterocycles. The zero-order valence-corrected chi connectivity index (χ0v) is 13.1. The quantitative estimate of drug-likeness (QED) is 0.849. The number of allylic oxidation sites excluding steroid dienone is 1. The number of halogens is 1. The summed E-state index contributed by atoms with van der Waals surface area (Å²) in [6.45, 7) is 0. The summed E-state index contributed by atoms with van der Waals surface area (Å²) in [5.41, 5.74) is 4.31. The zero-order valence-electron chi connectivity index (χ0n) is 11.6. The van der Waals surface area contributed by atoms with Crippen LogP contribution in [0, 0.1) is 0 Å². The summed E-state index contributed by atoms with van der Waals surface area (Å²) in [5, 5.41) is 19.4. The first kappa shape index (κ1) is 14.0. The minimum atomic E-state index is 0.175. The molecule has 0 amide bonds. The third-order valence-corrected chi connectivity index (χ3v) is 4.61. The normalized spacial score (nSPS) is 13.5. The number of fused-ring (bicyclic) bond motifs is 1. The third kappa shape index (κ3) is 2.51. The van der Waals surface area contributed by atoms with Crippen LogP contribution in [0.25, 0.3) is 11.6 Å². The lowest BCUT2D eigenvalue weighted by atomic mass is 9.88. The van der Waals surface area contributed by atoms with Crippen LogP contribution in [0.15, 0.2) is 34.8 Å². The van der Waals surface area contributed by atoms with E-state index in [1.54, 1.807) is 25.3 Å². The van der Waals surface area contributed by atoms with Crippen LogP contribution in [-0.2, 0) is 6.42 Å². The van der Waals surface area contributed by atoms with Crippen LogP contribution in [0.2, 0.25) is 0 Å². The van der Waals surface area contributed by atoms with Gasteiger partial charge in [0.2, 0.25) is 0 Å². The first-order chi connectivity index (χ1) is 10.1. The van der Waals surface area contributed by atoms with E-state index in [4.69, 9.17) is 4.74 Å². The van der Waals surface area contributed by atoms with Gasteiger partial charge in [-0.2, -0.15) is 0 Å². The SMILES string of the molecule is COc1cc(O)c(Br)c2c1CCC(c1ccc(O)cc1)=C2. The molecule has 3 rings (SSSR count). The monoisotopic (exact) mass is 346 g/mol. The van der Waals surface area contributed by atoms with Crippen LogP contribution in [0.5, 0.6) is 17.2 Å². The second kappa shape index (κ2) is 5.45. The summed E-state index contributed by atoms with van der Waals surface area (Å²) in [7, 11) is 1.61. The molecule has 3 nitrogen and oxygen atoms in total. The van der Waals surface area contributed by atoms with Crippen molar-refractivity contribution < 1.29 is 14.9 Å². The van der Waals surface area contributed by atoms with Crippen molar-refractivity contribution in [2.24, 2.45) is 0 Å². The molecule has 0 fully saturated rings. The van der Waals surface area contributed by atoms with E-state index in [0.29, 0.717) is 10.2 Å². The average Bonchev–Trinajstić information content (AvgIpc) is 2.51. The van der Waals surface area contributed by atoms with Gasteiger partial charge < -0.3 is 14.9 Å². The number of methoxy groups -OCH3 is 1. The Bertz CT molecular complexity index is 718. The maximum Gasteiger partial charge on any atom is 0.134 e. The molecular formula is C17H15BrO3. The fraction of sp³-hybridized carbons (Fsp3) is 0.176. The zero-order chi connectivity index (χ0) is 15.0. The van der Waals surface area contributed by atoms with Gasteiger partial charge in [-0.15, -0.1) is 0 Å². The number of rotatable bonds is 2. The van der Waals surface area contributed by atoms with Crippen molar-refractivity contribution in [2.75, 3.05) is 7.11 Å². The Labute approximate surface area is 131 Å². The molecule has 2 N–H and O–H groups in total. The molecule has 0 saturated heterocycles. The molecule has 1 aliphatic carbocycles. The standard InChI is InChI=1S/C17H15BrO3/c1-21-16-9-15(20)17(18)14-8-11(4-7-13(14)16)10-2-5-12(19)6-3-10/h2-3,5-6,8-9,19-20H,4,7H2,1H3. The summed E-state index contributed by atoms with van der Waals surface area (Å²) >= 11 is 3.45. The van der Waals surface area contributed by atoms with Gasteiger partial charge >= 0.3 is 0 Å². The molecule has 2 aromatic rings. The predicted octanol–water partition coefficient (Wildman–Crippen LogP) is 4.36. The van der Waals surface area contributed by atoms with Gasteiger partial charge in [0.25, 0.3) is 0 Å². The van der Waals surface area contributed by atoms with Gasteiger partial charge in [0.1, 0.15) is 17.2 Å². The Morgan fingerprint density at radius 3 is 2.48 bits per heavy atom. The average molecular weight is 347 g/mol. The fourth-order valence-electron chi connectivity index (χ4n) is 2.68. The van der Waals surface area contributed by atoms with E-state index in [1.165, 1.54) is 5.57 Å². The number of phenolic OH excluding ortho intramolecular Hbond substituents is 2. The molecule has 0 radical (unpaired) electrons. The molecule has 21 heavy (non-hydrogen) atoms. The highest BCUT2D eigenvalue weighted by atomic mass is 79.9. The van der Waals surface area contributed by atoms with Crippen LogP contribution in [0.1, 0.15) is 23.1 Å². The Kier molecular flexibility index (Phi) is 3.64. The molecule has 0 unspecified atom stereocenters. The van der Waals surface area contributed by atoms with Crippen molar-refractivity contribution in [3.8, 4) is 17.2 Å². The van der Waals surface area contributed by atoms with E-state index in [0.717, 1.165) is 29.5 Å². The van der Waals surface area contributed by atoms with E-state index in [-0.39, 0.29) is 11.5 Å². The van der Waals surface area contributed by atoms with Crippen LogP contribution in [0.4, 0.5) is 0 Å². The second-order valence-corrected chi connectivity index (χ2v) is 5.81. The molecule has 0 spiro atoms. The number of hydrogen-bond donors (Lipinski definition) is 2. The van der Waals surface area contributed by atoms with E-state index < -0.39 is 0 Å². The fourth-order valence-corrected chi connectivity index (χ4v) is 3.15. The van der Waals surface area contributed by atoms with E-state index >= 15 is 0 Å². The molecule has 0 aliphatic heterocycles. The van der Waals surface area contributed by atoms with Crippen LogP contribution < -0.4 is 4.74 Å². The molecule has 1 aliphatic rings. The smallest absolute Gasteiger partial charge is 0.134 e. The lowest BCUT2D eigenvalue weighted by molar-refractivity contribution is 0.401. The Hall–Kier alpha value is -1.94. The molecule has 2 aromatic carbocycles. The molecule has 0 bridgehead atoms. The summed E-state index contributed by atoms with van der Waals surface area (Å²) in [4.78, 5) is 0. The summed E-state index contributed by atoms with van der Waals surface area (Å²) in [5.74, 6) is 1.15. The summed E-state index contributed by atoms with van der Waals surface area (Å²) < 4.78 is 6.05. The highest BCUT2D eigenvalue weighted by Crippen LogP contribution is 2.43. The van der Waals surface area contributed by atoms with Crippen LogP contribution in [0.3, 0.4) is 0 Å². The van der Waals surface area contributed by atoms with Crippen LogP contribution >= 0.6 is 15.9 Å². The van der Waals surface area contributed by atoms with Crippen molar-refractivity contribution in [3.63, 3.8) is 0 Å². The lowest BCUT2D eigenvalue weighted by Gasteiger charge is -2.21. The second-order valence-electron chi connectivity index (χ2n) is 5.02. The van der Waals surface area contributed by atoms with Crippen LogP contribution in [-0.4, -0.2) is 17.3 Å². The molecule has 4 heteroatoms. The maximum atomic E-state index is 9.99. The van der Waals surface area contributed by atoms with E-state index in [2.05, 4.69) is 22.0 Å². The minimum absolute atomic E-state index is 0.175. The van der Waals surface area contributed by atoms with Crippen molar-refractivity contribution in [2.45, 2.75) is 12.8 Å². The van der Waals surface area contributed by atoms with E-state index in [9.17, 15) is 10.2 Å². The number of aromatic hydroxyl groups is 2. The molecule has 0 aromatic heterocycles. The van der Waals surface area contributed by atoms with Gasteiger partial charge in [0.15, 0.2) is 0 Å². The largest absolute Gasteiger partial charge is 0.508 e. The topological polar surface area (TPSA) is 49.7 Å². The highest BCUT2D eigenvalue weighted by Gasteiger charge is 2.20. The number of hydrogen-bond acceptors (Lipinski definition) is 3. The minimum Gasteiger partial charge on any atom is -0.508 e. The molecule has 0 saturated carbocycles. The van der Waals surface area contributed by atoms with Crippen molar-refractivity contribution in [3.05, 3.63) is 51.5 Å². The van der Waals surface area contributed by atoms with Crippen molar-refractivity contribution in [1.82, 2.24) is 0 Å². The molecular weight excluding hydrogens is 332 g/mol. The summed E-state index contributed by atoms with van der Waals surface area (Å²) in [6.07, 6.45) is 3.81. The van der Waals surface area contributed by atoms with Gasteiger partial charge in [-0.1, -0.05) is 12.1 Å². The number of ether oxygens (including phenoxy) is 1.